The van der Waals surface area contributed by atoms with E-state index < -0.39 is 24.9 Å². The zero-order chi connectivity index (χ0) is 10.6. The highest BCUT2D eigenvalue weighted by molar-refractivity contribution is 5.75. The first-order valence-corrected chi connectivity index (χ1v) is 3.87. The van der Waals surface area contributed by atoms with Crippen molar-refractivity contribution in [2.75, 3.05) is 0 Å². The van der Waals surface area contributed by atoms with Crippen LogP contribution in [0.2, 0.25) is 0 Å². The van der Waals surface area contributed by atoms with Gasteiger partial charge in [0.1, 0.15) is 0 Å². The number of rotatable bonds is 3. The van der Waals surface area contributed by atoms with Crippen molar-refractivity contribution in [3.63, 3.8) is 0 Å². The van der Waals surface area contributed by atoms with Gasteiger partial charge in [-0.15, -0.1) is 0 Å². The van der Waals surface area contributed by atoms with Crippen molar-refractivity contribution in [3.8, 4) is 0 Å². The molecule has 3 nitrogen and oxygen atoms in total. The number of hydrogen-bond donors (Lipinski definition) is 1. The second kappa shape index (κ2) is 4.45. The van der Waals surface area contributed by atoms with Crippen molar-refractivity contribution in [2.24, 2.45) is 5.84 Å². The fourth-order valence-corrected chi connectivity index (χ4v) is 0.666. The fourth-order valence-electron chi connectivity index (χ4n) is 0.666. The number of halogens is 3. The van der Waals surface area contributed by atoms with Gasteiger partial charge in [-0.05, 0) is 13.8 Å². The summed E-state index contributed by atoms with van der Waals surface area (Å²) in [5, 5.41) is 0.811. The SMILES string of the molecule is CC(C)N(N)C(=O)CCC(F)(F)F. The van der Waals surface area contributed by atoms with Crippen molar-refractivity contribution >= 4 is 5.91 Å². The van der Waals surface area contributed by atoms with Crippen LogP contribution < -0.4 is 5.84 Å². The van der Waals surface area contributed by atoms with E-state index in [1.165, 1.54) is 0 Å². The lowest BCUT2D eigenvalue weighted by Crippen LogP contribution is -2.42. The molecule has 0 atom stereocenters. The molecule has 0 saturated heterocycles. The molecule has 78 valence electrons. The topological polar surface area (TPSA) is 46.3 Å². The zero-order valence-corrected chi connectivity index (χ0v) is 7.56. The van der Waals surface area contributed by atoms with Gasteiger partial charge in [-0.1, -0.05) is 0 Å². The summed E-state index contributed by atoms with van der Waals surface area (Å²) in [6.07, 6.45) is -6.00. The Hall–Kier alpha value is -0.780. The molecule has 0 bridgehead atoms. The maximum atomic E-state index is 11.7. The van der Waals surface area contributed by atoms with Crippen LogP contribution in [0, 0.1) is 0 Å². The van der Waals surface area contributed by atoms with Crippen LogP contribution in [0.3, 0.4) is 0 Å². The van der Waals surface area contributed by atoms with Gasteiger partial charge in [0.2, 0.25) is 5.91 Å². The van der Waals surface area contributed by atoms with E-state index in [-0.39, 0.29) is 6.04 Å². The predicted molar refractivity (Wildman–Crippen MR) is 41.5 cm³/mol. The van der Waals surface area contributed by atoms with E-state index in [2.05, 4.69) is 0 Å². The summed E-state index contributed by atoms with van der Waals surface area (Å²) >= 11 is 0. The molecule has 1 amide bonds. The molecule has 0 rings (SSSR count). The quantitative estimate of drug-likeness (QED) is 0.423. The lowest BCUT2D eigenvalue weighted by molar-refractivity contribution is -0.150. The molecule has 0 aliphatic carbocycles. The van der Waals surface area contributed by atoms with Crippen LogP contribution >= 0.6 is 0 Å². The Morgan fingerprint density at radius 2 is 1.92 bits per heavy atom. The molecule has 0 radical (unpaired) electrons. The Bertz CT molecular complexity index is 179. The van der Waals surface area contributed by atoms with Gasteiger partial charge < -0.3 is 0 Å². The molecule has 0 spiro atoms. The van der Waals surface area contributed by atoms with Crippen LogP contribution in [0.25, 0.3) is 0 Å². The van der Waals surface area contributed by atoms with Crippen molar-refractivity contribution in [3.05, 3.63) is 0 Å². The van der Waals surface area contributed by atoms with Crippen molar-refractivity contribution in [2.45, 2.75) is 38.9 Å². The van der Waals surface area contributed by atoms with E-state index in [1.54, 1.807) is 13.8 Å². The van der Waals surface area contributed by atoms with Crippen molar-refractivity contribution in [1.29, 1.82) is 0 Å². The third-order valence-corrected chi connectivity index (χ3v) is 1.47. The van der Waals surface area contributed by atoms with E-state index >= 15 is 0 Å². The molecular weight excluding hydrogens is 185 g/mol. The number of nitrogens with zero attached hydrogens (tertiary/aromatic N) is 1. The predicted octanol–water partition coefficient (Wildman–Crippen LogP) is 1.44. The standard InChI is InChI=1S/C7H13F3N2O/c1-5(2)12(11)6(13)3-4-7(8,9)10/h5H,3-4,11H2,1-2H3. The number of hydrazine groups is 1. The van der Waals surface area contributed by atoms with E-state index in [4.69, 9.17) is 5.84 Å². The molecule has 0 aromatic carbocycles. The van der Waals surface area contributed by atoms with Gasteiger partial charge in [-0.2, -0.15) is 13.2 Å². The Labute approximate surface area is 74.7 Å². The average Bonchev–Trinajstić information content (AvgIpc) is 1.97. The van der Waals surface area contributed by atoms with Gasteiger partial charge in [-0.25, -0.2) is 5.84 Å². The molecule has 0 aliphatic heterocycles. The molecule has 0 aliphatic rings. The first-order valence-electron chi connectivity index (χ1n) is 3.87. The number of hydrogen-bond acceptors (Lipinski definition) is 2. The summed E-state index contributed by atoms with van der Waals surface area (Å²) in [6, 6.07) is -0.277. The molecular formula is C7H13F3N2O. The summed E-state index contributed by atoms with van der Waals surface area (Å²) in [5.74, 6) is 4.52. The van der Waals surface area contributed by atoms with E-state index in [1.807, 2.05) is 0 Å². The van der Waals surface area contributed by atoms with Crippen LogP contribution in [0.5, 0.6) is 0 Å². The molecule has 6 heteroatoms. The minimum absolute atomic E-state index is 0.277. The van der Waals surface area contributed by atoms with Gasteiger partial charge in [0.25, 0.3) is 0 Å². The van der Waals surface area contributed by atoms with Crippen molar-refractivity contribution in [1.82, 2.24) is 5.01 Å². The lowest BCUT2D eigenvalue weighted by atomic mass is 10.2. The maximum Gasteiger partial charge on any atom is 0.389 e. The number of amides is 1. The van der Waals surface area contributed by atoms with Gasteiger partial charge >= 0.3 is 6.18 Å². The largest absolute Gasteiger partial charge is 0.389 e. The molecule has 0 heterocycles. The van der Waals surface area contributed by atoms with Crippen LogP contribution in [-0.2, 0) is 4.79 Å². The highest BCUT2D eigenvalue weighted by Crippen LogP contribution is 2.21. The minimum Gasteiger partial charge on any atom is -0.278 e. The first-order chi connectivity index (χ1) is 5.74. The van der Waals surface area contributed by atoms with Crippen molar-refractivity contribution < 1.29 is 18.0 Å². The smallest absolute Gasteiger partial charge is 0.278 e. The zero-order valence-electron chi connectivity index (χ0n) is 7.56. The molecule has 0 saturated carbocycles. The summed E-state index contributed by atoms with van der Waals surface area (Å²) < 4.78 is 35.0. The molecule has 2 N–H and O–H groups in total. The maximum absolute atomic E-state index is 11.7. The second-order valence-electron chi connectivity index (χ2n) is 3.01. The third kappa shape index (κ3) is 5.46. The number of nitrogens with two attached hydrogens (primary N) is 1. The van der Waals surface area contributed by atoms with Crippen LogP contribution in [0.15, 0.2) is 0 Å². The molecule has 0 fully saturated rings. The second-order valence-corrected chi connectivity index (χ2v) is 3.01. The number of alkyl halides is 3. The van der Waals surface area contributed by atoms with Gasteiger partial charge in [0.05, 0.1) is 6.42 Å². The van der Waals surface area contributed by atoms with Gasteiger partial charge in [0.15, 0.2) is 0 Å². The Morgan fingerprint density at radius 3 is 2.23 bits per heavy atom. The summed E-state index contributed by atoms with van der Waals surface area (Å²) in [6.45, 7) is 3.26. The molecule has 13 heavy (non-hydrogen) atoms. The monoisotopic (exact) mass is 198 g/mol. The first kappa shape index (κ1) is 12.2. The van der Waals surface area contributed by atoms with E-state index in [0.29, 0.717) is 0 Å². The molecule has 0 aromatic heterocycles. The van der Waals surface area contributed by atoms with E-state index in [0.717, 1.165) is 5.01 Å². The van der Waals surface area contributed by atoms with Crippen LogP contribution in [0.4, 0.5) is 13.2 Å². The van der Waals surface area contributed by atoms with Gasteiger partial charge in [0, 0.05) is 12.5 Å². The van der Waals surface area contributed by atoms with E-state index in [9.17, 15) is 18.0 Å². The summed E-state index contributed by atoms with van der Waals surface area (Å²) in [7, 11) is 0. The third-order valence-electron chi connectivity index (χ3n) is 1.47. The molecule has 0 unspecified atom stereocenters. The number of carbonyl (C=O) groups excluding carboxylic acids is 1. The Balaban J connectivity index is 3.89. The van der Waals surface area contributed by atoms with Crippen LogP contribution in [0.1, 0.15) is 26.7 Å². The Morgan fingerprint density at radius 1 is 1.46 bits per heavy atom. The highest BCUT2D eigenvalue weighted by atomic mass is 19.4. The highest BCUT2D eigenvalue weighted by Gasteiger charge is 2.29. The fraction of sp³-hybridized carbons (Fsp3) is 0.857. The van der Waals surface area contributed by atoms with Gasteiger partial charge in [-0.3, -0.25) is 9.80 Å². The number of carbonyl (C=O) groups is 1. The normalized spacial score (nSPS) is 11.9. The summed E-state index contributed by atoms with van der Waals surface area (Å²) in [4.78, 5) is 10.9. The molecule has 0 aromatic rings. The average molecular weight is 198 g/mol. The summed E-state index contributed by atoms with van der Waals surface area (Å²) in [5.41, 5.74) is 0. The minimum atomic E-state index is -4.30. The Kier molecular flexibility index (Phi) is 4.19. The van der Waals surface area contributed by atoms with Crippen LogP contribution in [-0.4, -0.2) is 23.1 Å². The lowest BCUT2D eigenvalue weighted by Gasteiger charge is -2.20.